The Labute approximate surface area is 185 Å². The summed E-state index contributed by atoms with van der Waals surface area (Å²) in [5.41, 5.74) is 3.92. The molecule has 2 aromatic carbocycles. The molecule has 3 aliphatic carbocycles. The molecule has 0 unspecified atom stereocenters. The van der Waals surface area contributed by atoms with E-state index in [1.807, 2.05) is 18.2 Å². The van der Waals surface area contributed by atoms with Gasteiger partial charge in [-0.2, -0.15) is 8.42 Å². The number of hydrogen-bond donors (Lipinski definition) is 0. The fourth-order valence-electron chi connectivity index (χ4n) is 7.36. The van der Waals surface area contributed by atoms with E-state index in [1.165, 1.54) is 17.5 Å². The monoisotopic (exact) mass is 442 g/mol. The van der Waals surface area contributed by atoms with Crippen molar-refractivity contribution in [2.75, 3.05) is 6.26 Å². The Bertz CT molecular complexity index is 1130. The Kier molecular flexibility index (Phi) is 4.78. The van der Waals surface area contributed by atoms with E-state index in [0.29, 0.717) is 23.5 Å². The first-order chi connectivity index (χ1) is 14.6. The summed E-state index contributed by atoms with van der Waals surface area (Å²) in [6.07, 6.45) is 7.72. The molecule has 2 saturated carbocycles. The van der Waals surface area contributed by atoms with Crippen LogP contribution in [0.5, 0.6) is 5.75 Å². The third kappa shape index (κ3) is 3.31. The predicted octanol–water partition coefficient (Wildman–Crippen LogP) is 5.98. The van der Waals surface area contributed by atoms with Crippen LogP contribution in [0.2, 0.25) is 0 Å². The molecular weight excluding hydrogens is 411 g/mol. The third-order valence-electron chi connectivity index (χ3n) is 9.01. The number of hydrogen-bond acceptors (Lipinski definition) is 3. The molecule has 0 radical (unpaired) electrons. The van der Waals surface area contributed by atoms with Crippen LogP contribution in [0.15, 0.2) is 42.5 Å². The highest BCUT2D eigenvalue weighted by atomic mass is 32.2. The Balaban J connectivity index is 1.46. The number of halogens is 1. The molecule has 3 nitrogen and oxygen atoms in total. The van der Waals surface area contributed by atoms with E-state index in [4.69, 9.17) is 4.18 Å². The summed E-state index contributed by atoms with van der Waals surface area (Å²) in [7, 11) is -3.52. The zero-order valence-electron chi connectivity index (χ0n) is 18.5. The molecule has 166 valence electrons. The number of rotatable bonds is 3. The van der Waals surface area contributed by atoms with Crippen LogP contribution in [0.25, 0.3) is 0 Å². The van der Waals surface area contributed by atoms with Crippen molar-refractivity contribution >= 4 is 10.1 Å². The van der Waals surface area contributed by atoms with Crippen LogP contribution in [0, 0.1) is 23.1 Å². The average Bonchev–Trinajstić information content (AvgIpc) is 2.98. The summed E-state index contributed by atoms with van der Waals surface area (Å²) >= 11 is 0. The van der Waals surface area contributed by atoms with Gasteiger partial charge in [-0.1, -0.05) is 32.0 Å². The van der Waals surface area contributed by atoms with Crippen molar-refractivity contribution in [3.8, 4) is 5.75 Å². The van der Waals surface area contributed by atoms with Gasteiger partial charge >= 0.3 is 10.1 Å². The average molecular weight is 443 g/mol. The van der Waals surface area contributed by atoms with E-state index in [9.17, 15) is 12.8 Å². The molecule has 0 saturated heterocycles. The highest BCUT2D eigenvalue weighted by molar-refractivity contribution is 7.86. The first kappa shape index (κ1) is 21.0. The minimum Gasteiger partial charge on any atom is -0.383 e. The van der Waals surface area contributed by atoms with Crippen molar-refractivity contribution < 1.29 is 17.0 Å². The summed E-state index contributed by atoms with van der Waals surface area (Å²) in [4.78, 5) is 0. The molecule has 3 aliphatic rings. The normalized spacial score (nSPS) is 34.5. The van der Waals surface area contributed by atoms with Gasteiger partial charge < -0.3 is 4.18 Å². The third-order valence-corrected chi connectivity index (χ3v) is 9.51. The SMILES string of the molecule is C[C@]12CC[C@@H]3c4ccc(OS(C)(=O)=O)cc4CC[C@H]3[C@@H]1CC[C@]2(C)c1cccc(F)c1. The lowest BCUT2D eigenvalue weighted by Crippen LogP contribution is -2.47. The van der Waals surface area contributed by atoms with Crippen molar-refractivity contribution in [3.05, 3.63) is 65.0 Å². The van der Waals surface area contributed by atoms with Crippen LogP contribution < -0.4 is 4.18 Å². The summed E-state index contributed by atoms with van der Waals surface area (Å²) in [5, 5.41) is 0. The van der Waals surface area contributed by atoms with E-state index in [0.717, 1.165) is 43.9 Å². The van der Waals surface area contributed by atoms with Gasteiger partial charge in [-0.25, -0.2) is 4.39 Å². The van der Waals surface area contributed by atoms with Crippen LogP contribution in [0.1, 0.15) is 68.6 Å². The van der Waals surface area contributed by atoms with Gasteiger partial charge in [0, 0.05) is 0 Å². The highest BCUT2D eigenvalue weighted by Crippen LogP contribution is 2.67. The van der Waals surface area contributed by atoms with Crippen molar-refractivity contribution in [1.29, 1.82) is 0 Å². The molecule has 0 aliphatic heterocycles. The minimum absolute atomic E-state index is 0.00179. The molecule has 0 N–H and O–H groups in total. The first-order valence-electron chi connectivity index (χ1n) is 11.4. The maximum absolute atomic E-state index is 14.1. The van der Waals surface area contributed by atoms with Crippen LogP contribution in [-0.2, 0) is 22.0 Å². The fraction of sp³-hybridized carbons (Fsp3) is 0.538. The molecule has 2 fully saturated rings. The molecule has 31 heavy (non-hydrogen) atoms. The number of benzene rings is 2. The van der Waals surface area contributed by atoms with Crippen molar-refractivity contribution in [2.24, 2.45) is 17.3 Å². The van der Waals surface area contributed by atoms with E-state index in [2.05, 4.69) is 26.0 Å². The van der Waals surface area contributed by atoms with Gasteiger partial charge in [0.1, 0.15) is 11.6 Å². The highest BCUT2D eigenvalue weighted by Gasteiger charge is 2.60. The predicted molar refractivity (Wildman–Crippen MR) is 120 cm³/mol. The van der Waals surface area contributed by atoms with E-state index < -0.39 is 10.1 Å². The first-order valence-corrected chi connectivity index (χ1v) is 13.2. The van der Waals surface area contributed by atoms with Gasteiger partial charge in [0.15, 0.2) is 0 Å². The standard InChI is InChI=1S/C26H31FO3S/c1-25(18-5-4-6-19(27)16-18)14-12-24-23-9-7-17-15-20(30-31(3,28)29)8-10-21(17)22(23)11-13-26(24,25)2/h4-6,8,10,15-16,22-24H,7,9,11-14H2,1-3H3/t22-,23-,24+,25-,26+/m1/s1. The lowest BCUT2D eigenvalue weighted by molar-refractivity contribution is 0.0175. The Morgan fingerprint density at radius 3 is 2.58 bits per heavy atom. The van der Waals surface area contributed by atoms with E-state index in [-0.39, 0.29) is 16.6 Å². The summed E-state index contributed by atoms with van der Waals surface area (Å²) in [5.74, 6) is 2.05. The Hall–Kier alpha value is -1.88. The maximum Gasteiger partial charge on any atom is 0.306 e. The number of fused-ring (bicyclic) bond motifs is 5. The van der Waals surface area contributed by atoms with E-state index >= 15 is 0 Å². The Morgan fingerprint density at radius 1 is 1.03 bits per heavy atom. The fourth-order valence-corrected chi connectivity index (χ4v) is 7.81. The zero-order chi connectivity index (χ0) is 22.0. The van der Waals surface area contributed by atoms with Gasteiger partial charge in [0.2, 0.25) is 0 Å². The molecule has 0 aromatic heterocycles. The smallest absolute Gasteiger partial charge is 0.306 e. The molecule has 0 spiro atoms. The quantitative estimate of drug-likeness (QED) is 0.549. The second-order valence-electron chi connectivity index (χ2n) is 10.4. The summed E-state index contributed by atoms with van der Waals surface area (Å²) in [6, 6.07) is 13.1. The molecule has 2 aromatic rings. The van der Waals surface area contributed by atoms with Crippen LogP contribution >= 0.6 is 0 Å². The molecular formula is C26H31FO3S. The van der Waals surface area contributed by atoms with E-state index in [1.54, 1.807) is 12.1 Å². The molecule has 5 atom stereocenters. The lowest BCUT2D eigenvalue weighted by Gasteiger charge is -2.54. The minimum atomic E-state index is -3.52. The second kappa shape index (κ2) is 7.06. The van der Waals surface area contributed by atoms with Crippen molar-refractivity contribution in [3.63, 3.8) is 0 Å². The molecule has 0 bridgehead atoms. The summed E-state index contributed by atoms with van der Waals surface area (Å²) in [6.45, 7) is 4.80. The molecule has 0 heterocycles. The van der Waals surface area contributed by atoms with Crippen LogP contribution in [-0.4, -0.2) is 14.7 Å². The van der Waals surface area contributed by atoms with Gasteiger partial charge in [0.05, 0.1) is 6.26 Å². The van der Waals surface area contributed by atoms with Gasteiger partial charge in [-0.3, -0.25) is 0 Å². The van der Waals surface area contributed by atoms with Gasteiger partial charge in [0.25, 0.3) is 0 Å². The zero-order valence-corrected chi connectivity index (χ0v) is 19.3. The molecule has 0 amide bonds. The van der Waals surface area contributed by atoms with Crippen molar-refractivity contribution in [1.82, 2.24) is 0 Å². The Morgan fingerprint density at radius 2 is 1.84 bits per heavy atom. The van der Waals surface area contributed by atoms with Crippen LogP contribution in [0.3, 0.4) is 0 Å². The maximum atomic E-state index is 14.1. The number of aryl methyl sites for hydroxylation is 1. The topological polar surface area (TPSA) is 43.4 Å². The largest absolute Gasteiger partial charge is 0.383 e. The molecule has 5 rings (SSSR count). The van der Waals surface area contributed by atoms with Gasteiger partial charge in [-0.15, -0.1) is 0 Å². The van der Waals surface area contributed by atoms with Gasteiger partial charge in [-0.05, 0) is 108 Å². The second-order valence-corrected chi connectivity index (χ2v) is 12.0. The molecule has 5 heteroatoms. The van der Waals surface area contributed by atoms with Crippen LogP contribution in [0.4, 0.5) is 4.39 Å². The lowest BCUT2D eigenvalue weighted by atomic mass is 9.50. The summed E-state index contributed by atoms with van der Waals surface area (Å²) < 4.78 is 42.2. The van der Waals surface area contributed by atoms with Crippen molar-refractivity contribution in [2.45, 2.75) is 63.7 Å².